The van der Waals surface area contributed by atoms with Crippen LogP contribution in [0.2, 0.25) is 5.02 Å². The van der Waals surface area contributed by atoms with E-state index >= 15 is 0 Å². The van der Waals surface area contributed by atoms with Crippen molar-refractivity contribution in [3.8, 4) is 0 Å². The fourth-order valence-electron chi connectivity index (χ4n) is 1.83. The van der Waals surface area contributed by atoms with Crippen molar-refractivity contribution in [3.63, 3.8) is 0 Å². The summed E-state index contributed by atoms with van der Waals surface area (Å²) in [7, 11) is 0. The molecule has 0 amide bonds. The van der Waals surface area contributed by atoms with Crippen LogP contribution in [0.4, 0.5) is 0 Å². The summed E-state index contributed by atoms with van der Waals surface area (Å²) < 4.78 is 1.04. The van der Waals surface area contributed by atoms with Crippen molar-refractivity contribution >= 4 is 50.7 Å². The molecule has 0 bridgehead atoms. The molecular weight excluding hydrogens is 324 g/mol. The highest BCUT2D eigenvalue weighted by Gasteiger charge is 2.00. The van der Waals surface area contributed by atoms with Gasteiger partial charge in [-0.05, 0) is 42.0 Å². The maximum atomic E-state index is 5.85. The van der Waals surface area contributed by atoms with Crippen molar-refractivity contribution in [3.05, 3.63) is 63.3 Å². The molecule has 3 rings (SSSR count). The first-order valence-corrected chi connectivity index (χ1v) is 6.97. The number of nitrogens with one attached hydrogen (secondary N) is 1. The average molecular weight is 334 g/mol. The van der Waals surface area contributed by atoms with Gasteiger partial charge in [0.05, 0.1) is 11.0 Å². The van der Waals surface area contributed by atoms with Crippen molar-refractivity contribution in [1.29, 1.82) is 0 Å². The zero-order valence-corrected chi connectivity index (χ0v) is 12.2. The number of aromatic nitrogens is 2. The van der Waals surface area contributed by atoms with Gasteiger partial charge in [-0.2, -0.15) is 0 Å². The normalized spacial score (nSPS) is 11.5. The zero-order valence-electron chi connectivity index (χ0n) is 9.90. The fraction of sp³-hybridized carbons (Fsp3) is 0. The molecule has 0 aliphatic carbocycles. The molecule has 1 aromatic heterocycles. The Balaban J connectivity index is 1.90. The number of hydrogen-bond donors (Lipinski definition) is 1. The molecule has 4 heteroatoms. The van der Waals surface area contributed by atoms with Gasteiger partial charge in [-0.25, -0.2) is 4.98 Å². The molecular formula is C15H10BrClN2. The summed E-state index contributed by atoms with van der Waals surface area (Å²) in [6.45, 7) is 0. The van der Waals surface area contributed by atoms with Gasteiger partial charge in [0.25, 0.3) is 0 Å². The Morgan fingerprint density at radius 1 is 1.05 bits per heavy atom. The Morgan fingerprint density at radius 2 is 1.84 bits per heavy atom. The van der Waals surface area contributed by atoms with E-state index < -0.39 is 0 Å². The maximum Gasteiger partial charge on any atom is 0.131 e. The first-order chi connectivity index (χ1) is 9.20. The van der Waals surface area contributed by atoms with E-state index in [9.17, 15) is 0 Å². The Bertz CT molecular complexity index is 744. The maximum absolute atomic E-state index is 5.85. The third kappa shape index (κ3) is 2.88. The summed E-state index contributed by atoms with van der Waals surface area (Å²) in [5, 5.41) is 0.741. The molecule has 2 aromatic carbocycles. The molecule has 3 aromatic rings. The lowest BCUT2D eigenvalue weighted by molar-refractivity contribution is 1.29. The number of benzene rings is 2. The van der Waals surface area contributed by atoms with Crippen LogP contribution in [0.3, 0.4) is 0 Å². The highest BCUT2D eigenvalue weighted by atomic mass is 79.9. The average Bonchev–Trinajstić information content (AvgIpc) is 2.80. The van der Waals surface area contributed by atoms with Crippen LogP contribution in [0.5, 0.6) is 0 Å². The highest BCUT2D eigenvalue weighted by molar-refractivity contribution is 9.10. The number of nitrogens with zero attached hydrogens (tertiary/aromatic N) is 1. The second kappa shape index (κ2) is 5.19. The van der Waals surface area contributed by atoms with Crippen LogP contribution in [0.15, 0.2) is 46.9 Å². The van der Waals surface area contributed by atoms with Gasteiger partial charge in [0.2, 0.25) is 0 Å². The number of aromatic amines is 1. The third-order valence-corrected chi connectivity index (χ3v) is 3.51. The summed E-state index contributed by atoms with van der Waals surface area (Å²) in [6.07, 6.45) is 3.96. The molecule has 0 aliphatic heterocycles. The minimum atomic E-state index is 0.741. The molecule has 1 heterocycles. The van der Waals surface area contributed by atoms with Crippen LogP contribution in [0.25, 0.3) is 23.2 Å². The quantitative estimate of drug-likeness (QED) is 0.690. The van der Waals surface area contributed by atoms with Gasteiger partial charge >= 0.3 is 0 Å². The van der Waals surface area contributed by atoms with Crippen LogP contribution in [-0.2, 0) is 0 Å². The number of rotatable bonds is 2. The standard InChI is InChI=1S/C15H10BrClN2/c16-11-4-7-13-14(9-11)19-15(18-13)8-3-10-1-5-12(17)6-2-10/h1-9H,(H,18,19). The third-order valence-electron chi connectivity index (χ3n) is 2.77. The predicted octanol–water partition coefficient (Wildman–Crippen LogP) is 5.15. The van der Waals surface area contributed by atoms with E-state index in [-0.39, 0.29) is 0 Å². The molecule has 19 heavy (non-hydrogen) atoms. The van der Waals surface area contributed by atoms with E-state index in [1.165, 1.54) is 0 Å². The summed E-state index contributed by atoms with van der Waals surface area (Å²) >= 11 is 9.30. The molecule has 0 saturated carbocycles. The summed E-state index contributed by atoms with van der Waals surface area (Å²) in [6, 6.07) is 13.7. The van der Waals surface area contributed by atoms with Crippen LogP contribution in [0.1, 0.15) is 11.4 Å². The first-order valence-electron chi connectivity index (χ1n) is 5.80. The summed E-state index contributed by atoms with van der Waals surface area (Å²) in [5.41, 5.74) is 3.06. The van der Waals surface area contributed by atoms with Gasteiger partial charge in [-0.15, -0.1) is 0 Å². The monoisotopic (exact) mass is 332 g/mol. The van der Waals surface area contributed by atoms with E-state index in [1.54, 1.807) is 0 Å². The summed E-state index contributed by atoms with van der Waals surface area (Å²) in [5.74, 6) is 0.836. The molecule has 1 N–H and O–H groups in total. The van der Waals surface area contributed by atoms with E-state index in [0.717, 1.165) is 31.9 Å². The minimum Gasteiger partial charge on any atom is -0.338 e. The van der Waals surface area contributed by atoms with Crippen molar-refractivity contribution in [2.45, 2.75) is 0 Å². The lowest BCUT2D eigenvalue weighted by atomic mass is 10.2. The first kappa shape index (κ1) is 12.5. The van der Waals surface area contributed by atoms with E-state index in [4.69, 9.17) is 11.6 Å². The SMILES string of the molecule is Clc1ccc(C=Cc2nc3ccc(Br)cc3[nH]2)cc1. The van der Waals surface area contributed by atoms with Gasteiger partial charge in [-0.3, -0.25) is 0 Å². The minimum absolute atomic E-state index is 0.741. The molecule has 0 saturated heterocycles. The molecule has 0 spiro atoms. The lowest BCUT2D eigenvalue weighted by Gasteiger charge is -1.92. The van der Waals surface area contributed by atoms with Gasteiger partial charge in [0.15, 0.2) is 0 Å². The second-order valence-electron chi connectivity index (χ2n) is 4.17. The number of imidazole rings is 1. The van der Waals surface area contributed by atoms with Crippen LogP contribution in [0, 0.1) is 0 Å². The fourth-order valence-corrected chi connectivity index (χ4v) is 2.32. The highest BCUT2D eigenvalue weighted by Crippen LogP contribution is 2.18. The molecule has 0 aliphatic rings. The number of fused-ring (bicyclic) bond motifs is 1. The Labute approximate surface area is 124 Å². The summed E-state index contributed by atoms with van der Waals surface area (Å²) in [4.78, 5) is 7.76. The van der Waals surface area contributed by atoms with E-state index in [0.29, 0.717) is 0 Å². The lowest BCUT2D eigenvalue weighted by Crippen LogP contribution is -1.74. The van der Waals surface area contributed by atoms with Crippen molar-refractivity contribution < 1.29 is 0 Å². The molecule has 2 nitrogen and oxygen atoms in total. The Kier molecular flexibility index (Phi) is 3.40. The molecule has 0 unspecified atom stereocenters. The largest absolute Gasteiger partial charge is 0.338 e. The van der Waals surface area contributed by atoms with Gasteiger partial charge in [-0.1, -0.05) is 45.7 Å². The van der Waals surface area contributed by atoms with Crippen molar-refractivity contribution in [1.82, 2.24) is 9.97 Å². The molecule has 0 radical (unpaired) electrons. The second-order valence-corrected chi connectivity index (χ2v) is 5.52. The predicted molar refractivity (Wildman–Crippen MR) is 84.2 cm³/mol. The number of H-pyrrole nitrogens is 1. The number of hydrogen-bond acceptors (Lipinski definition) is 1. The molecule has 0 fully saturated rings. The van der Waals surface area contributed by atoms with Crippen LogP contribution >= 0.6 is 27.5 Å². The van der Waals surface area contributed by atoms with Crippen molar-refractivity contribution in [2.24, 2.45) is 0 Å². The van der Waals surface area contributed by atoms with Crippen molar-refractivity contribution in [2.75, 3.05) is 0 Å². The van der Waals surface area contributed by atoms with Gasteiger partial charge < -0.3 is 4.98 Å². The molecule has 94 valence electrons. The van der Waals surface area contributed by atoms with Crippen LogP contribution < -0.4 is 0 Å². The van der Waals surface area contributed by atoms with E-state index in [1.807, 2.05) is 54.6 Å². The smallest absolute Gasteiger partial charge is 0.131 e. The topological polar surface area (TPSA) is 28.7 Å². The van der Waals surface area contributed by atoms with Gasteiger partial charge in [0.1, 0.15) is 5.82 Å². The van der Waals surface area contributed by atoms with Crippen LogP contribution in [-0.4, -0.2) is 9.97 Å². The Hall–Kier alpha value is -1.58. The Morgan fingerprint density at radius 3 is 2.63 bits per heavy atom. The number of halogens is 2. The van der Waals surface area contributed by atoms with E-state index in [2.05, 4.69) is 25.9 Å². The van der Waals surface area contributed by atoms with Gasteiger partial charge in [0, 0.05) is 9.50 Å². The zero-order chi connectivity index (χ0) is 13.2. The molecule has 0 atom stereocenters.